The molecule has 1 atom stereocenters. The Kier molecular flexibility index (Phi) is 8.58. The maximum absolute atomic E-state index is 13.6. The van der Waals surface area contributed by atoms with Crippen LogP contribution in [0.5, 0.6) is 0 Å². The predicted octanol–water partition coefficient (Wildman–Crippen LogP) is 6.26. The summed E-state index contributed by atoms with van der Waals surface area (Å²) in [6, 6.07) is 13.2. The van der Waals surface area contributed by atoms with E-state index >= 15 is 0 Å². The molecule has 0 heterocycles. The van der Waals surface area contributed by atoms with Gasteiger partial charge < -0.3 is 0 Å². The summed E-state index contributed by atoms with van der Waals surface area (Å²) in [5, 5.41) is 1.24. The van der Waals surface area contributed by atoms with Gasteiger partial charge >= 0.3 is 0 Å². The van der Waals surface area contributed by atoms with Crippen LogP contribution in [0.1, 0.15) is 91.3 Å². The van der Waals surface area contributed by atoms with E-state index in [4.69, 9.17) is 0 Å². The van der Waals surface area contributed by atoms with Gasteiger partial charge in [0.2, 0.25) is 0 Å². The van der Waals surface area contributed by atoms with Gasteiger partial charge in [0.15, 0.2) is 0 Å². The lowest BCUT2D eigenvalue weighted by Crippen LogP contribution is -2.55. The highest BCUT2D eigenvalue weighted by Crippen LogP contribution is 2.25. The van der Waals surface area contributed by atoms with E-state index in [2.05, 4.69) is 40.0 Å². The van der Waals surface area contributed by atoms with Crippen molar-refractivity contribution in [2.75, 3.05) is 0 Å². The Bertz CT molecular complexity index is 874. The Morgan fingerprint density at radius 3 is 1.94 bits per heavy atom. The standard InChI is InChI=1S/C27H38N2O2/c1-8-10-11-24(27(5,6)7)28-29(25(30)22-14-12-21(9-2)13-15-22)26(31)23-17-19(3)16-20(4)18-23/h12-18,24,28H,8-11H2,1-7H3. The zero-order valence-corrected chi connectivity index (χ0v) is 20.2. The first-order chi connectivity index (χ1) is 14.6. The van der Waals surface area contributed by atoms with Gasteiger partial charge in [0.1, 0.15) is 0 Å². The van der Waals surface area contributed by atoms with Crippen LogP contribution in [0.3, 0.4) is 0 Å². The Morgan fingerprint density at radius 2 is 1.45 bits per heavy atom. The molecule has 0 radical (unpaired) electrons. The van der Waals surface area contributed by atoms with E-state index < -0.39 is 0 Å². The zero-order chi connectivity index (χ0) is 23.2. The average molecular weight is 423 g/mol. The number of benzene rings is 2. The number of nitrogens with zero attached hydrogens (tertiary/aromatic N) is 1. The summed E-state index contributed by atoms with van der Waals surface area (Å²) in [6.45, 7) is 14.6. The lowest BCUT2D eigenvalue weighted by molar-refractivity contribution is 0.0424. The van der Waals surface area contributed by atoms with Crippen molar-refractivity contribution in [3.05, 3.63) is 70.3 Å². The van der Waals surface area contributed by atoms with E-state index in [1.54, 1.807) is 0 Å². The van der Waals surface area contributed by atoms with E-state index in [9.17, 15) is 9.59 Å². The van der Waals surface area contributed by atoms with E-state index in [0.29, 0.717) is 11.1 Å². The molecule has 4 heteroatoms. The Hall–Kier alpha value is -2.46. The lowest BCUT2D eigenvalue weighted by Gasteiger charge is -2.36. The number of rotatable bonds is 8. The highest BCUT2D eigenvalue weighted by molar-refractivity contribution is 6.10. The van der Waals surface area contributed by atoms with Gasteiger partial charge in [-0.05, 0) is 61.9 Å². The number of hydrazine groups is 1. The van der Waals surface area contributed by atoms with Gasteiger partial charge in [-0.25, -0.2) is 10.4 Å². The first-order valence-electron chi connectivity index (χ1n) is 11.4. The fraction of sp³-hybridized carbons (Fsp3) is 0.481. The summed E-state index contributed by atoms with van der Waals surface area (Å²) < 4.78 is 0. The molecule has 0 aromatic heterocycles. The third-order valence-corrected chi connectivity index (χ3v) is 5.66. The molecule has 2 aromatic carbocycles. The molecule has 1 N–H and O–H groups in total. The highest BCUT2D eigenvalue weighted by atomic mass is 16.2. The van der Waals surface area contributed by atoms with E-state index in [1.807, 2.05) is 56.3 Å². The zero-order valence-electron chi connectivity index (χ0n) is 20.2. The van der Waals surface area contributed by atoms with Crippen molar-refractivity contribution in [2.45, 2.75) is 80.2 Å². The van der Waals surface area contributed by atoms with Gasteiger partial charge in [-0.3, -0.25) is 9.59 Å². The van der Waals surface area contributed by atoms with Crippen LogP contribution in [0.4, 0.5) is 0 Å². The molecule has 0 saturated carbocycles. The van der Waals surface area contributed by atoms with Crippen molar-refractivity contribution < 1.29 is 9.59 Å². The molecule has 31 heavy (non-hydrogen) atoms. The third-order valence-electron chi connectivity index (χ3n) is 5.66. The van der Waals surface area contributed by atoms with Gasteiger partial charge in [-0.1, -0.05) is 76.8 Å². The van der Waals surface area contributed by atoms with Crippen LogP contribution in [-0.4, -0.2) is 22.9 Å². The fourth-order valence-corrected chi connectivity index (χ4v) is 3.70. The van der Waals surface area contributed by atoms with Crippen molar-refractivity contribution in [3.63, 3.8) is 0 Å². The van der Waals surface area contributed by atoms with Crippen molar-refractivity contribution >= 4 is 11.8 Å². The largest absolute Gasteiger partial charge is 0.275 e. The maximum Gasteiger partial charge on any atom is 0.275 e. The smallest absolute Gasteiger partial charge is 0.267 e. The number of aryl methyl sites for hydroxylation is 3. The number of hydrogen-bond acceptors (Lipinski definition) is 3. The van der Waals surface area contributed by atoms with Crippen molar-refractivity contribution in [1.82, 2.24) is 10.4 Å². The number of nitrogens with one attached hydrogen (secondary N) is 1. The van der Waals surface area contributed by atoms with Crippen molar-refractivity contribution in [2.24, 2.45) is 5.41 Å². The molecule has 2 amide bonds. The average Bonchev–Trinajstić information content (AvgIpc) is 2.71. The summed E-state index contributed by atoms with van der Waals surface area (Å²) in [4.78, 5) is 27.1. The predicted molar refractivity (Wildman–Crippen MR) is 128 cm³/mol. The van der Waals surface area contributed by atoms with E-state index in [1.165, 1.54) is 5.01 Å². The Balaban J connectivity index is 2.46. The third kappa shape index (κ3) is 6.76. The van der Waals surface area contributed by atoms with Crippen molar-refractivity contribution in [3.8, 4) is 0 Å². The minimum atomic E-state index is -0.322. The number of unbranched alkanes of at least 4 members (excludes halogenated alkanes) is 1. The number of hydrogen-bond donors (Lipinski definition) is 1. The Labute approximate surface area is 188 Å². The van der Waals surface area contributed by atoms with Gasteiger partial charge in [0.25, 0.3) is 11.8 Å². The molecule has 4 nitrogen and oxygen atoms in total. The summed E-state index contributed by atoms with van der Waals surface area (Å²) >= 11 is 0. The molecule has 168 valence electrons. The van der Waals surface area contributed by atoms with Crippen LogP contribution in [-0.2, 0) is 6.42 Å². The minimum Gasteiger partial charge on any atom is -0.267 e. The van der Waals surface area contributed by atoms with Crippen LogP contribution < -0.4 is 5.43 Å². The topological polar surface area (TPSA) is 49.4 Å². The number of amides is 2. The lowest BCUT2D eigenvalue weighted by atomic mass is 9.84. The summed E-state index contributed by atoms with van der Waals surface area (Å²) in [5.41, 5.74) is 7.41. The monoisotopic (exact) mass is 422 g/mol. The molecule has 0 bridgehead atoms. The summed E-state index contributed by atoms with van der Waals surface area (Å²) in [5.74, 6) is -0.639. The van der Waals surface area contributed by atoms with Gasteiger partial charge in [-0.2, -0.15) is 0 Å². The summed E-state index contributed by atoms with van der Waals surface area (Å²) in [6.07, 6.45) is 3.88. The normalized spacial score (nSPS) is 12.5. The second kappa shape index (κ2) is 10.7. The fourth-order valence-electron chi connectivity index (χ4n) is 3.70. The molecule has 0 saturated heterocycles. The van der Waals surface area contributed by atoms with Gasteiger partial charge in [-0.15, -0.1) is 0 Å². The molecule has 0 aliphatic rings. The van der Waals surface area contributed by atoms with Gasteiger partial charge in [0, 0.05) is 17.2 Å². The second-order valence-electron chi connectivity index (χ2n) is 9.56. The SMILES string of the molecule is CCCCC(NN(C(=O)c1ccc(CC)cc1)C(=O)c1cc(C)cc(C)c1)C(C)(C)C. The molecular formula is C27H38N2O2. The molecule has 2 rings (SSSR count). The van der Waals surface area contributed by atoms with Crippen LogP contribution in [0.15, 0.2) is 42.5 Å². The molecule has 2 aromatic rings. The first-order valence-corrected chi connectivity index (χ1v) is 11.4. The second-order valence-corrected chi connectivity index (χ2v) is 9.56. The first kappa shape index (κ1) is 24.8. The molecule has 0 aliphatic carbocycles. The Morgan fingerprint density at radius 1 is 0.903 bits per heavy atom. The van der Waals surface area contributed by atoms with Crippen LogP contribution in [0, 0.1) is 19.3 Å². The highest BCUT2D eigenvalue weighted by Gasteiger charge is 2.32. The van der Waals surface area contributed by atoms with E-state index in [-0.39, 0.29) is 23.3 Å². The van der Waals surface area contributed by atoms with E-state index in [0.717, 1.165) is 42.4 Å². The molecule has 0 spiro atoms. The minimum absolute atomic E-state index is 0.0128. The van der Waals surface area contributed by atoms with Gasteiger partial charge in [0.05, 0.1) is 0 Å². The summed E-state index contributed by atoms with van der Waals surface area (Å²) in [7, 11) is 0. The van der Waals surface area contributed by atoms with Crippen molar-refractivity contribution in [1.29, 1.82) is 0 Å². The quantitative estimate of drug-likeness (QED) is 0.403. The molecule has 1 unspecified atom stereocenters. The molecule has 0 fully saturated rings. The maximum atomic E-state index is 13.6. The molecular weight excluding hydrogens is 384 g/mol. The number of carbonyl (C=O) groups is 2. The van der Waals surface area contributed by atoms with Crippen LogP contribution >= 0.6 is 0 Å². The number of carbonyl (C=O) groups excluding carboxylic acids is 2. The van der Waals surface area contributed by atoms with Crippen LogP contribution in [0.25, 0.3) is 0 Å². The molecule has 0 aliphatic heterocycles. The number of imide groups is 1. The van der Waals surface area contributed by atoms with Crippen LogP contribution in [0.2, 0.25) is 0 Å².